The average Bonchev–Trinajstić information content (AvgIpc) is 2.99. The fraction of sp³-hybridized carbons (Fsp3) is 0.345. The Morgan fingerprint density at radius 3 is 2.36 bits per heavy atom. The minimum Gasteiger partial charge on any atom is -0.369 e. The third kappa shape index (κ3) is 8.90. The van der Waals surface area contributed by atoms with Crippen LogP contribution in [0.15, 0.2) is 77.7 Å². The van der Waals surface area contributed by atoms with E-state index in [0.717, 1.165) is 22.5 Å². The van der Waals surface area contributed by atoms with Crippen molar-refractivity contribution in [2.24, 2.45) is 5.73 Å². The molecule has 1 heterocycles. The molecule has 0 spiro atoms. The van der Waals surface area contributed by atoms with Gasteiger partial charge in [-0.15, -0.1) is 11.8 Å². The van der Waals surface area contributed by atoms with E-state index in [0.29, 0.717) is 24.8 Å². The number of benzene rings is 3. The predicted molar refractivity (Wildman–Crippen MR) is 168 cm³/mol. The van der Waals surface area contributed by atoms with Gasteiger partial charge in [0.25, 0.3) is 0 Å². The summed E-state index contributed by atoms with van der Waals surface area (Å²) in [6, 6.07) is 18.1. The zero-order chi connectivity index (χ0) is 31.9. The van der Waals surface area contributed by atoms with Crippen LogP contribution in [-0.4, -0.2) is 77.2 Å². The third-order valence-corrected chi connectivity index (χ3v) is 11.4. The first kappa shape index (κ1) is 33.6. The molecular formula is C29H35N4O8PS2. The number of likely N-dealkylation sites (tertiary alicyclic amines) is 1. The highest BCUT2D eigenvalue weighted by Crippen LogP contribution is 2.39. The molecule has 1 fully saturated rings. The number of carbonyl (C=O) groups excluding carboxylic acids is 3. The summed E-state index contributed by atoms with van der Waals surface area (Å²) in [5.41, 5.74) is 5.71. The highest BCUT2D eigenvalue weighted by atomic mass is 32.2. The Hall–Kier alpha value is -3.26. The Morgan fingerprint density at radius 1 is 1.00 bits per heavy atom. The van der Waals surface area contributed by atoms with E-state index in [4.69, 9.17) is 5.73 Å². The summed E-state index contributed by atoms with van der Waals surface area (Å²) in [7, 11) is -8.61. The summed E-state index contributed by atoms with van der Waals surface area (Å²) in [6.07, 6.45) is 1.52. The maximum atomic E-state index is 13.8. The van der Waals surface area contributed by atoms with Gasteiger partial charge in [0, 0.05) is 18.8 Å². The fourth-order valence-electron chi connectivity index (χ4n) is 5.10. The molecular weight excluding hydrogens is 627 g/mol. The lowest BCUT2D eigenvalue weighted by Crippen LogP contribution is -2.58. The molecule has 12 nitrogen and oxygen atoms in total. The Kier molecular flexibility index (Phi) is 11.2. The smallest absolute Gasteiger partial charge is 0.335 e. The van der Waals surface area contributed by atoms with Gasteiger partial charge < -0.3 is 25.7 Å². The first-order chi connectivity index (χ1) is 20.9. The largest absolute Gasteiger partial charge is 0.369 e. The summed E-state index contributed by atoms with van der Waals surface area (Å²) in [6.45, 7) is 0.0702. The molecule has 1 aliphatic heterocycles. The second-order valence-electron chi connectivity index (χ2n) is 10.5. The SMILES string of the molecule is NC(=O)C(CNC(=O)C1CCCCN1C(=O)C(CSCP(=O)(O)O)NS(=O)(=O)c1ccccc1)c1ccc2ccccc2c1. The molecule has 0 aliphatic carbocycles. The van der Waals surface area contributed by atoms with Gasteiger partial charge in [0.15, 0.2) is 0 Å². The van der Waals surface area contributed by atoms with Gasteiger partial charge in [-0.3, -0.25) is 18.9 Å². The monoisotopic (exact) mass is 662 g/mol. The van der Waals surface area contributed by atoms with Gasteiger partial charge in [-0.25, -0.2) is 8.42 Å². The number of primary amides is 1. The van der Waals surface area contributed by atoms with Crippen molar-refractivity contribution >= 4 is 57.9 Å². The number of nitrogens with one attached hydrogen (secondary N) is 2. The number of hydrogen-bond acceptors (Lipinski definition) is 7. The standard InChI is InChI=1S/C29H35N4O8PS2/c30-27(34)24(22-14-13-20-8-4-5-9-21(20)16-22)17-31-28(35)26-12-6-7-15-33(26)29(36)25(18-43-19-42(37,38)39)32-44(40,41)23-10-2-1-3-11-23/h1-5,8-11,13-14,16,24-26,32H,6-7,12,15,17-19H2,(H2,30,34)(H,31,35)(H2,37,38,39). The van der Waals surface area contributed by atoms with Gasteiger partial charge in [-0.05, 0) is 47.7 Å². The molecule has 3 atom stereocenters. The zero-order valence-corrected chi connectivity index (χ0v) is 26.3. The van der Waals surface area contributed by atoms with E-state index < -0.39 is 58.8 Å². The van der Waals surface area contributed by atoms with Crippen LogP contribution in [0.4, 0.5) is 0 Å². The maximum absolute atomic E-state index is 13.8. The number of piperidine rings is 1. The highest BCUT2D eigenvalue weighted by Gasteiger charge is 2.38. The molecule has 0 bridgehead atoms. The molecule has 0 saturated carbocycles. The number of carbonyl (C=O) groups is 3. The van der Waals surface area contributed by atoms with Gasteiger partial charge in [0.1, 0.15) is 12.1 Å². The molecule has 3 unspecified atom stereocenters. The minimum absolute atomic E-state index is 0.0862. The van der Waals surface area contributed by atoms with Gasteiger partial charge in [-0.1, -0.05) is 60.7 Å². The van der Waals surface area contributed by atoms with E-state index >= 15 is 0 Å². The normalized spacial score (nSPS) is 17.1. The Morgan fingerprint density at radius 2 is 1.68 bits per heavy atom. The number of fused-ring (bicyclic) bond motifs is 1. The summed E-state index contributed by atoms with van der Waals surface area (Å²) in [5.74, 6) is -2.94. The zero-order valence-electron chi connectivity index (χ0n) is 23.7. The van der Waals surface area contributed by atoms with Gasteiger partial charge in [0.05, 0.1) is 16.3 Å². The van der Waals surface area contributed by atoms with Crippen molar-refractivity contribution in [2.75, 3.05) is 24.3 Å². The first-order valence-electron chi connectivity index (χ1n) is 13.9. The molecule has 0 radical (unpaired) electrons. The average molecular weight is 663 g/mol. The van der Waals surface area contributed by atoms with Gasteiger partial charge in [0.2, 0.25) is 27.7 Å². The first-order valence-corrected chi connectivity index (χ1v) is 18.4. The number of nitrogens with zero attached hydrogens (tertiary/aromatic N) is 1. The van der Waals surface area contributed by atoms with E-state index in [1.54, 1.807) is 12.1 Å². The molecule has 0 aromatic heterocycles. The van der Waals surface area contributed by atoms with Crippen molar-refractivity contribution in [3.05, 3.63) is 78.4 Å². The maximum Gasteiger partial charge on any atom is 0.335 e. The molecule has 4 rings (SSSR count). The minimum atomic E-state index is -4.43. The summed E-state index contributed by atoms with van der Waals surface area (Å²) < 4.78 is 40.0. The van der Waals surface area contributed by atoms with Crippen LogP contribution in [0.2, 0.25) is 0 Å². The summed E-state index contributed by atoms with van der Waals surface area (Å²) >= 11 is 0.732. The number of rotatable bonds is 13. The van der Waals surface area contributed by atoms with Crippen LogP contribution in [0, 0.1) is 0 Å². The van der Waals surface area contributed by atoms with Crippen LogP contribution in [0.1, 0.15) is 30.7 Å². The van der Waals surface area contributed by atoms with Crippen molar-refractivity contribution in [2.45, 2.75) is 42.2 Å². The number of hydrogen-bond donors (Lipinski definition) is 5. The second kappa shape index (κ2) is 14.7. The predicted octanol–water partition coefficient (Wildman–Crippen LogP) is 2.12. The molecule has 44 heavy (non-hydrogen) atoms. The topological polar surface area (TPSA) is 196 Å². The molecule has 6 N–H and O–H groups in total. The Labute approximate surface area is 260 Å². The van der Waals surface area contributed by atoms with Crippen molar-refractivity contribution in [3.63, 3.8) is 0 Å². The van der Waals surface area contributed by atoms with Crippen molar-refractivity contribution < 1.29 is 37.2 Å². The van der Waals surface area contributed by atoms with E-state index in [-0.39, 0.29) is 23.7 Å². The number of amides is 3. The van der Waals surface area contributed by atoms with E-state index in [2.05, 4.69) is 10.0 Å². The quantitative estimate of drug-likeness (QED) is 0.170. The number of thioether (sulfide) groups is 1. The van der Waals surface area contributed by atoms with Crippen LogP contribution >= 0.6 is 19.4 Å². The van der Waals surface area contributed by atoms with Crippen LogP contribution in [0.3, 0.4) is 0 Å². The van der Waals surface area contributed by atoms with Gasteiger partial charge in [-0.2, -0.15) is 4.72 Å². The lowest BCUT2D eigenvalue weighted by atomic mass is 9.95. The Bertz CT molecular complexity index is 1650. The fourth-order valence-corrected chi connectivity index (χ4v) is 8.25. The van der Waals surface area contributed by atoms with Crippen LogP contribution in [0.25, 0.3) is 10.8 Å². The third-order valence-electron chi connectivity index (χ3n) is 7.28. The lowest BCUT2D eigenvalue weighted by molar-refractivity contribution is -0.143. The molecule has 3 aromatic rings. The van der Waals surface area contributed by atoms with Crippen LogP contribution in [-0.2, 0) is 29.0 Å². The van der Waals surface area contributed by atoms with Crippen molar-refractivity contribution in [3.8, 4) is 0 Å². The summed E-state index contributed by atoms with van der Waals surface area (Å²) in [4.78, 5) is 59.4. The second-order valence-corrected chi connectivity index (χ2v) is 15.3. The van der Waals surface area contributed by atoms with Crippen LogP contribution in [0.5, 0.6) is 0 Å². The van der Waals surface area contributed by atoms with Crippen molar-refractivity contribution in [1.29, 1.82) is 0 Å². The lowest BCUT2D eigenvalue weighted by Gasteiger charge is -2.37. The van der Waals surface area contributed by atoms with Crippen LogP contribution < -0.4 is 15.8 Å². The summed E-state index contributed by atoms with van der Waals surface area (Å²) in [5, 5.41) is 4.65. The van der Waals surface area contributed by atoms with Gasteiger partial charge >= 0.3 is 7.60 Å². The molecule has 236 valence electrons. The molecule has 3 aromatic carbocycles. The van der Waals surface area contributed by atoms with E-state index in [9.17, 15) is 37.2 Å². The molecule has 1 saturated heterocycles. The number of sulfonamides is 1. The highest BCUT2D eigenvalue weighted by molar-refractivity contribution is 8.04. The van der Waals surface area contributed by atoms with E-state index in [1.165, 1.54) is 29.2 Å². The van der Waals surface area contributed by atoms with E-state index in [1.807, 2.05) is 36.4 Å². The molecule has 1 aliphatic rings. The number of nitrogens with two attached hydrogens (primary N) is 1. The molecule has 3 amide bonds. The Balaban J connectivity index is 1.51. The molecule has 15 heteroatoms. The van der Waals surface area contributed by atoms with Crippen molar-refractivity contribution in [1.82, 2.24) is 14.9 Å².